The molecule has 0 unspecified atom stereocenters. The van der Waals surface area contributed by atoms with Gasteiger partial charge in [-0.25, -0.2) is 9.97 Å². The minimum atomic E-state index is 0.711. The van der Waals surface area contributed by atoms with Gasteiger partial charge in [0, 0.05) is 45.0 Å². The number of rotatable bonds is 3. The Balaban J connectivity index is 1.38. The highest BCUT2D eigenvalue weighted by Crippen LogP contribution is 2.33. The highest BCUT2D eigenvalue weighted by Gasteiger charge is 2.23. The second-order valence-electron chi connectivity index (χ2n) is 6.47. The number of hydrogen-bond donors (Lipinski definition) is 0. The van der Waals surface area contributed by atoms with Crippen LogP contribution in [0.4, 0.5) is 10.9 Å². The van der Waals surface area contributed by atoms with Gasteiger partial charge in [0.1, 0.15) is 11.3 Å². The van der Waals surface area contributed by atoms with Crippen LogP contribution in [0, 0.1) is 0 Å². The van der Waals surface area contributed by atoms with Gasteiger partial charge < -0.3 is 9.80 Å². The molecule has 0 amide bonds. The lowest BCUT2D eigenvalue weighted by Crippen LogP contribution is -2.47. The molecule has 1 saturated heterocycles. The number of aromatic nitrogens is 5. The van der Waals surface area contributed by atoms with Crippen molar-refractivity contribution in [2.45, 2.75) is 13.3 Å². The molecule has 1 aliphatic rings. The smallest absolute Gasteiger partial charge is 0.203 e. The molecule has 0 radical (unpaired) electrons. The van der Waals surface area contributed by atoms with Gasteiger partial charge >= 0.3 is 0 Å². The van der Waals surface area contributed by atoms with Gasteiger partial charge in [0.2, 0.25) is 5.65 Å². The van der Waals surface area contributed by atoms with Crippen LogP contribution < -0.4 is 9.80 Å². The Kier molecular flexibility index (Phi) is 4.09. The van der Waals surface area contributed by atoms with Crippen LogP contribution in [0.2, 0.25) is 5.02 Å². The molecule has 7 nitrogen and oxygen atoms in total. The number of nitrogens with zero attached hydrogens (tertiary/aromatic N) is 7. The third-order valence-corrected chi connectivity index (χ3v) is 6.29. The Morgan fingerprint density at radius 2 is 1.93 bits per heavy atom. The number of fused-ring (bicyclic) bond motifs is 2. The van der Waals surface area contributed by atoms with E-state index >= 15 is 0 Å². The molecule has 1 fully saturated rings. The van der Waals surface area contributed by atoms with Crippen LogP contribution in [0.3, 0.4) is 0 Å². The quantitative estimate of drug-likeness (QED) is 0.527. The Morgan fingerprint density at radius 3 is 2.70 bits per heavy atom. The lowest BCUT2D eigenvalue weighted by Gasteiger charge is -2.35. The second-order valence-corrected chi connectivity index (χ2v) is 7.89. The van der Waals surface area contributed by atoms with Crippen molar-refractivity contribution in [2.24, 2.45) is 0 Å². The van der Waals surface area contributed by atoms with Crippen LogP contribution in [0.15, 0.2) is 30.6 Å². The van der Waals surface area contributed by atoms with E-state index in [1.165, 1.54) is 0 Å². The summed E-state index contributed by atoms with van der Waals surface area (Å²) in [7, 11) is 0. The van der Waals surface area contributed by atoms with Crippen LogP contribution in [0.1, 0.15) is 12.7 Å². The molecular weight excluding hydrogens is 382 g/mol. The Morgan fingerprint density at radius 1 is 1.11 bits per heavy atom. The fourth-order valence-corrected chi connectivity index (χ4v) is 4.79. The molecule has 0 aliphatic carbocycles. The highest BCUT2D eigenvalue weighted by molar-refractivity contribution is 7.22. The number of para-hydroxylation sites is 1. The maximum Gasteiger partial charge on any atom is 0.203 e. The first-order chi connectivity index (χ1) is 13.2. The summed E-state index contributed by atoms with van der Waals surface area (Å²) in [6, 6.07) is 5.93. The van der Waals surface area contributed by atoms with Crippen LogP contribution in [0.5, 0.6) is 0 Å². The molecule has 4 aromatic rings. The van der Waals surface area contributed by atoms with Gasteiger partial charge in [0.15, 0.2) is 10.9 Å². The molecule has 1 aromatic carbocycles. The average Bonchev–Trinajstić information content (AvgIpc) is 3.33. The van der Waals surface area contributed by atoms with Crippen molar-refractivity contribution in [2.75, 3.05) is 36.0 Å². The molecule has 4 heterocycles. The van der Waals surface area contributed by atoms with Crippen LogP contribution in [-0.4, -0.2) is 50.7 Å². The molecule has 0 bridgehead atoms. The van der Waals surface area contributed by atoms with Gasteiger partial charge in [-0.05, 0) is 12.1 Å². The molecule has 5 rings (SSSR count). The number of piperazine rings is 1. The Bertz CT molecular complexity index is 1110. The van der Waals surface area contributed by atoms with Crippen molar-refractivity contribution >= 4 is 49.8 Å². The number of hydrogen-bond acceptors (Lipinski definition) is 7. The van der Waals surface area contributed by atoms with Crippen LogP contribution in [0.25, 0.3) is 15.9 Å². The summed E-state index contributed by atoms with van der Waals surface area (Å²) in [5, 5.41) is 10.4. The number of halogens is 1. The van der Waals surface area contributed by atoms with Gasteiger partial charge in [-0.3, -0.25) is 4.40 Å². The van der Waals surface area contributed by atoms with Crippen LogP contribution in [-0.2, 0) is 6.42 Å². The predicted octanol–water partition coefficient (Wildman–Crippen LogP) is 3.28. The monoisotopic (exact) mass is 399 g/mol. The number of aryl methyl sites for hydroxylation is 1. The van der Waals surface area contributed by atoms with Crippen LogP contribution >= 0.6 is 22.9 Å². The Hall–Kier alpha value is -2.45. The lowest BCUT2D eigenvalue weighted by molar-refractivity contribution is 0.646. The van der Waals surface area contributed by atoms with Crippen molar-refractivity contribution in [3.63, 3.8) is 0 Å². The third kappa shape index (κ3) is 2.80. The summed E-state index contributed by atoms with van der Waals surface area (Å²) in [5.41, 5.74) is 1.72. The summed E-state index contributed by atoms with van der Waals surface area (Å²) in [6.45, 7) is 5.58. The first-order valence-corrected chi connectivity index (χ1v) is 10.2. The summed E-state index contributed by atoms with van der Waals surface area (Å²) in [5.74, 6) is 1.86. The zero-order chi connectivity index (χ0) is 18.4. The van der Waals surface area contributed by atoms with Gasteiger partial charge in [-0.2, -0.15) is 0 Å². The largest absolute Gasteiger partial charge is 0.350 e. The molecule has 1 aliphatic heterocycles. The number of anilines is 2. The van der Waals surface area contributed by atoms with Crippen molar-refractivity contribution in [3.05, 3.63) is 41.4 Å². The molecule has 0 N–H and O–H groups in total. The van der Waals surface area contributed by atoms with Gasteiger partial charge in [0.05, 0.1) is 9.72 Å². The first-order valence-electron chi connectivity index (χ1n) is 8.98. The minimum Gasteiger partial charge on any atom is -0.350 e. The van der Waals surface area contributed by atoms with E-state index in [-0.39, 0.29) is 0 Å². The van der Waals surface area contributed by atoms with E-state index < -0.39 is 0 Å². The maximum absolute atomic E-state index is 6.28. The predicted molar refractivity (Wildman–Crippen MR) is 109 cm³/mol. The van der Waals surface area contributed by atoms with Crippen molar-refractivity contribution in [1.29, 1.82) is 0 Å². The SMILES string of the molecule is CCc1nnc2c(N3CCN(c4nc5c(Cl)cccc5s4)CC3)nccn12. The van der Waals surface area contributed by atoms with E-state index in [1.54, 1.807) is 11.3 Å². The molecular formula is C18H18ClN7S. The zero-order valence-corrected chi connectivity index (χ0v) is 16.4. The molecule has 138 valence electrons. The van der Waals surface area contributed by atoms with E-state index in [0.29, 0.717) is 5.02 Å². The number of benzene rings is 1. The number of thiazole rings is 1. The second kappa shape index (κ2) is 6.61. The van der Waals surface area contributed by atoms with Gasteiger partial charge in [0.25, 0.3) is 0 Å². The fourth-order valence-electron chi connectivity index (χ4n) is 3.47. The van der Waals surface area contributed by atoms with Crippen molar-refractivity contribution in [1.82, 2.24) is 24.6 Å². The molecule has 27 heavy (non-hydrogen) atoms. The third-order valence-electron chi connectivity index (χ3n) is 4.90. The fraction of sp³-hybridized carbons (Fsp3) is 0.333. The standard InChI is InChI=1S/C18H18ClN7S/c1-2-14-22-23-17-16(20-6-7-26(14)17)24-8-10-25(11-9-24)18-21-15-12(19)4-3-5-13(15)27-18/h3-7H,2,8-11H2,1H3. The lowest BCUT2D eigenvalue weighted by atomic mass is 10.3. The average molecular weight is 400 g/mol. The highest BCUT2D eigenvalue weighted by atomic mass is 35.5. The summed E-state index contributed by atoms with van der Waals surface area (Å²) < 4.78 is 3.16. The summed E-state index contributed by atoms with van der Waals surface area (Å²) in [6.07, 6.45) is 4.60. The minimum absolute atomic E-state index is 0.711. The first kappa shape index (κ1) is 16.7. The normalized spacial score (nSPS) is 15.2. The van der Waals surface area contributed by atoms with E-state index in [9.17, 15) is 0 Å². The molecule has 0 saturated carbocycles. The molecule has 0 atom stereocenters. The van der Waals surface area contributed by atoms with Gasteiger partial charge in [-0.15, -0.1) is 10.2 Å². The van der Waals surface area contributed by atoms with E-state index in [2.05, 4.69) is 38.0 Å². The van der Waals surface area contributed by atoms with E-state index in [0.717, 1.165) is 65.2 Å². The zero-order valence-electron chi connectivity index (χ0n) is 14.8. The van der Waals surface area contributed by atoms with E-state index in [1.807, 2.05) is 28.9 Å². The van der Waals surface area contributed by atoms with Crippen molar-refractivity contribution < 1.29 is 0 Å². The molecule has 9 heteroatoms. The Labute approximate surface area is 165 Å². The van der Waals surface area contributed by atoms with Crippen molar-refractivity contribution in [3.8, 4) is 0 Å². The maximum atomic E-state index is 6.28. The summed E-state index contributed by atoms with van der Waals surface area (Å²) >= 11 is 7.97. The molecule has 3 aromatic heterocycles. The van der Waals surface area contributed by atoms with Gasteiger partial charge in [-0.1, -0.05) is 35.9 Å². The summed E-state index contributed by atoms with van der Waals surface area (Å²) in [4.78, 5) is 13.9. The van der Waals surface area contributed by atoms with E-state index in [4.69, 9.17) is 16.6 Å². The topological polar surface area (TPSA) is 62.5 Å². The molecule has 0 spiro atoms.